The van der Waals surface area contributed by atoms with Crippen LogP contribution in [0.3, 0.4) is 0 Å². The van der Waals surface area contributed by atoms with Crippen molar-refractivity contribution in [1.29, 1.82) is 0 Å². The van der Waals surface area contributed by atoms with E-state index in [0.29, 0.717) is 22.3 Å². The number of carbonyl (C=O) groups excluding carboxylic acids is 1. The van der Waals surface area contributed by atoms with Crippen LogP contribution in [0.15, 0.2) is 28.7 Å². The van der Waals surface area contributed by atoms with Crippen LogP contribution >= 0.6 is 0 Å². The highest BCUT2D eigenvalue weighted by Crippen LogP contribution is 2.22. The highest BCUT2D eigenvalue weighted by atomic mass is 16.3. The summed E-state index contributed by atoms with van der Waals surface area (Å²) in [4.78, 5) is 24.4. The Labute approximate surface area is 114 Å². The molecule has 0 spiro atoms. The number of Topliss-reactive ketones (excluding diaryl/α,β-unsaturated/α-hetero) is 1. The van der Waals surface area contributed by atoms with Gasteiger partial charge in [0.2, 0.25) is 0 Å². The Morgan fingerprint density at radius 3 is 2.90 bits per heavy atom. The first-order valence-electron chi connectivity index (χ1n) is 6.50. The molecular formula is C14H15N3O3. The molecule has 2 aromatic heterocycles. The number of aromatic hydroxyl groups is 1. The summed E-state index contributed by atoms with van der Waals surface area (Å²) >= 11 is 0. The summed E-state index contributed by atoms with van der Waals surface area (Å²) in [6, 6.07) is 2.89. The summed E-state index contributed by atoms with van der Waals surface area (Å²) in [5.41, 5.74) is 1.74. The van der Waals surface area contributed by atoms with E-state index in [0.717, 1.165) is 19.4 Å². The molecule has 3 rings (SSSR count). The van der Waals surface area contributed by atoms with Crippen LogP contribution in [0, 0.1) is 6.92 Å². The Balaban J connectivity index is 2.19. The fourth-order valence-electron chi connectivity index (χ4n) is 2.52. The second kappa shape index (κ2) is 4.56. The van der Waals surface area contributed by atoms with Crippen molar-refractivity contribution < 1.29 is 9.90 Å². The van der Waals surface area contributed by atoms with Crippen molar-refractivity contribution in [3.63, 3.8) is 0 Å². The molecule has 2 aromatic rings. The number of fused-ring (bicyclic) bond motifs is 1. The Hall–Kier alpha value is -2.50. The van der Waals surface area contributed by atoms with Gasteiger partial charge in [-0.2, -0.15) is 0 Å². The number of hydrogen-bond donors (Lipinski definition) is 3. The summed E-state index contributed by atoms with van der Waals surface area (Å²) in [5.74, 6) is -0.431. The molecule has 0 fully saturated rings. The zero-order chi connectivity index (χ0) is 14.3. The summed E-state index contributed by atoms with van der Waals surface area (Å²) in [7, 11) is 0. The van der Waals surface area contributed by atoms with E-state index in [9.17, 15) is 14.7 Å². The number of allylic oxidation sites excluding steroid dienone is 1. The predicted octanol–water partition coefficient (Wildman–Crippen LogP) is 1.09. The lowest BCUT2D eigenvalue weighted by Gasteiger charge is -2.13. The predicted molar refractivity (Wildman–Crippen MR) is 74.1 cm³/mol. The maximum absolute atomic E-state index is 12.6. The number of rotatable bonds is 2. The second-order valence-corrected chi connectivity index (χ2v) is 4.91. The van der Waals surface area contributed by atoms with E-state index in [-0.39, 0.29) is 11.5 Å². The van der Waals surface area contributed by atoms with Crippen LogP contribution in [-0.4, -0.2) is 27.0 Å². The highest BCUT2D eigenvalue weighted by Gasteiger charge is 2.22. The van der Waals surface area contributed by atoms with Gasteiger partial charge in [0.25, 0.3) is 0 Å². The average molecular weight is 273 g/mol. The van der Waals surface area contributed by atoms with Gasteiger partial charge in [0.05, 0.1) is 11.1 Å². The topological polar surface area (TPSA) is 86.6 Å². The molecule has 1 aliphatic rings. The third-order valence-corrected chi connectivity index (χ3v) is 3.54. The number of pyridine rings is 1. The zero-order valence-corrected chi connectivity index (χ0v) is 11.1. The Kier molecular flexibility index (Phi) is 2.85. The van der Waals surface area contributed by atoms with E-state index in [2.05, 4.69) is 10.4 Å². The van der Waals surface area contributed by atoms with Crippen molar-refractivity contribution in [3.05, 3.63) is 45.5 Å². The SMILES string of the molecule is Cc1[nH]n2c(=O)c(O)ccc2c1C(=O)C1=CNCCC1. The van der Waals surface area contributed by atoms with Gasteiger partial charge in [-0.1, -0.05) is 0 Å². The first-order chi connectivity index (χ1) is 9.59. The van der Waals surface area contributed by atoms with E-state index < -0.39 is 5.56 Å². The number of aromatic nitrogens is 2. The molecule has 6 nitrogen and oxygen atoms in total. The van der Waals surface area contributed by atoms with Gasteiger partial charge in [-0.25, -0.2) is 4.52 Å². The number of nitrogens with one attached hydrogen (secondary N) is 2. The van der Waals surface area contributed by atoms with Crippen molar-refractivity contribution >= 4 is 11.3 Å². The maximum atomic E-state index is 12.6. The van der Waals surface area contributed by atoms with Crippen LogP contribution in [0.4, 0.5) is 0 Å². The van der Waals surface area contributed by atoms with Gasteiger partial charge < -0.3 is 10.4 Å². The molecule has 0 aromatic carbocycles. The Bertz CT molecular complexity index is 783. The minimum absolute atomic E-state index is 0.0847. The van der Waals surface area contributed by atoms with Crippen LogP contribution in [0.5, 0.6) is 5.75 Å². The molecule has 0 saturated heterocycles. The summed E-state index contributed by atoms with van der Waals surface area (Å²) in [6.45, 7) is 2.62. The standard InChI is InChI=1S/C14H15N3O3/c1-8-12(13(19)9-3-2-6-15-7-9)10-4-5-11(18)14(20)17(10)16-8/h4-5,7,15-16,18H,2-3,6H2,1H3. The lowest BCUT2D eigenvalue weighted by molar-refractivity contribution is 0.102. The monoisotopic (exact) mass is 273 g/mol. The molecule has 3 N–H and O–H groups in total. The minimum atomic E-state index is -0.555. The maximum Gasteiger partial charge on any atom is 0.311 e. The number of carbonyl (C=O) groups is 1. The van der Waals surface area contributed by atoms with Crippen molar-refractivity contribution in [1.82, 2.24) is 14.9 Å². The summed E-state index contributed by atoms with van der Waals surface area (Å²) in [6.07, 6.45) is 3.39. The van der Waals surface area contributed by atoms with Gasteiger partial charge in [-0.15, -0.1) is 0 Å². The van der Waals surface area contributed by atoms with Crippen LogP contribution in [0.2, 0.25) is 0 Å². The molecule has 0 unspecified atom stereocenters. The molecule has 6 heteroatoms. The lowest BCUT2D eigenvalue weighted by atomic mass is 9.98. The molecule has 0 bridgehead atoms. The normalized spacial score (nSPS) is 14.9. The number of H-pyrrole nitrogens is 1. The average Bonchev–Trinajstić information content (AvgIpc) is 2.80. The van der Waals surface area contributed by atoms with Crippen molar-refractivity contribution in [2.75, 3.05) is 6.54 Å². The summed E-state index contributed by atoms with van der Waals surface area (Å²) in [5, 5.41) is 15.3. The molecule has 1 aliphatic heterocycles. The number of aromatic amines is 1. The van der Waals surface area contributed by atoms with Crippen LogP contribution < -0.4 is 10.9 Å². The van der Waals surface area contributed by atoms with Crippen molar-refractivity contribution in [3.8, 4) is 5.75 Å². The minimum Gasteiger partial charge on any atom is -0.503 e. The highest BCUT2D eigenvalue weighted by molar-refractivity contribution is 6.13. The van der Waals surface area contributed by atoms with Gasteiger partial charge in [0, 0.05) is 24.0 Å². The van der Waals surface area contributed by atoms with Crippen molar-refractivity contribution in [2.45, 2.75) is 19.8 Å². The Morgan fingerprint density at radius 1 is 1.40 bits per heavy atom. The molecule has 3 heterocycles. The van der Waals surface area contributed by atoms with Gasteiger partial charge in [-0.05, 0) is 31.9 Å². The smallest absolute Gasteiger partial charge is 0.311 e. The van der Waals surface area contributed by atoms with Crippen LogP contribution in [0.1, 0.15) is 28.9 Å². The zero-order valence-electron chi connectivity index (χ0n) is 11.1. The fraction of sp³-hybridized carbons (Fsp3) is 0.286. The molecule has 0 aliphatic carbocycles. The third kappa shape index (κ3) is 1.80. The number of hydrogen-bond acceptors (Lipinski definition) is 4. The third-order valence-electron chi connectivity index (χ3n) is 3.54. The number of nitrogens with zero attached hydrogens (tertiary/aromatic N) is 1. The van der Waals surface area contributed by atoms with Gasteiger partial charge in [0.1, 0.15) is 0 Å². The molecule has 0 atom stereocenters. The van der Waals surface area contributed by atoms with E-state index >= 15 is 0 Å². The number of ketones is 1. The quantitative estimate of drug-likeness (QED) is 0.715. The number of aryl methyl sites for hydroxylation is 1. The van der Waals surface area contributed by atoms with E-state index in [1.807, 2.05) is 0 Å². The first-order valence-corrected chi connectivity index (χ1v) is 6.50. The summed E-state index contributed by atoms with van der Waals surface area (Å²) < 4.78 is 1.20. The molecule has 20 heavy (non-hydrogen) atoms. The van der Waals surface area contributed by atoms with Crippen molar-refractivity contribution in [2.24, 2.45) is 0 Å². The van der Waals surface area contributed by atoms with Gasteiger partial charge in [0.15, 0.2) is 11.5 Å². The lowest BCUT2D eigenvalue weighted by Crippen LogP contribution is -2.18. The second-order valence-electron chi connectivity index (χ2n) is 4.91. The Morgan fingerprint density at radius 2 is 2.20 bits per heavy atom. The molecular weight excluding hydrogens is 258 g/mol. The van der Waals surface area contributed by atoms with E-state index in [1.54, 1.807) is 19.2 Å². The van der Waals surface area contributed by atoms with Gasteiger partial charge in [-0.3, -0.25) is 14.7 Å². The molecule has 0 amide bonds. The van der Waals surface area contributed by atoms with E-state index in [1.165, 1.54) is 10.6 Å². The largest absolute Gasteiger partial charge is 0.503 e. The first kappa shape index (κ1) is 12.5. The van der Waals surface area contributed by atoms with Gasteiger partial charge >= 0.3 is 5.56 Å². The molecule has 0 saturated carbocycles. The van der Waals surface area contributed by atoms with E-state index in [4.69, 9.17) is 0 Å². The molecule has 104 valence electrons. The fourth-order valence-corrected chi connectivity index (χ4v) is 2.52. The van der Waals surface area contributed by atoms with Crippen LogP contribution in [0.25, 0.3) is 5.52 Å². The molecule has 0 radical (unpaired) electrons. The van der Waals surface area contributed by atoms with Crippen LogP contribution in [-0.2, 0) is 0 Å².